The topological polar surface area (TPSA) is 105 Å². The Morgan fingerprint density at radius 2 is 2.24 bits per heavy atom. The van der Waals surface area contributed by atoms with E-state index in [2.05, 4.69) is 9.71 Å². The summed E-state index contributed by atoms with van der Waals surface area (Å²) in [5, 5.41) is 0. The van der Waals surface area contributed by atoms with Gasteiger partial charge in [-0.3, -0.25) is 4.79 Å². The van der Waals surface area contributed by atoms with E-state index in [1.807, 2.05) is 0 Å². The molecule has 0 spiro atoms. The van der Waals surface area contributed by atoms with Gasteiger partial charge in [-0.25, -0.2) is 13.1 Å². The van der Waals surface area contributed by atoms with E-state index in [4.69, 9.17) is 5.73 Å². The fourth-order valence-electron chi connectivity index (χ4n) is 1.61. The number of aromatic amines is 1. The standard InChI is InChI=1S/C9H15N3O3S2/c1-5-8(16-9(13)12-5)17(14,15)11-4-7(10)6-2-3-6/h6-7,11H,2-4,10H2,1H3,(H,12,13). The maximum absolute atomic E-state index is 11.9. The largest absolute Gasteiger partial charge is 0.326 e. The molecule has 4 N–H and O–H groups in total. The van der Waals surface area contributed by atoms with Crippen LogP contribution in [0.1, 0.15) is 18.5 Å². The van der Waals surface area contributed by atoms with Crippen LogP contribution >= 0.6 is 11.3 Å². The van der Waals surface area contributed by atoms with E-state index in [-0.39, 0.29) is 21.7 Å². The molecule has 0 amide bonds. The van der Waals surface area contributed by atoms with Gasteiger partial charge in [-0.1, -0.05) is 11.3 Å². The number of rotatable bonds is 5. The Bertz CT molecular complexity index is 556. The van der Waals surface area contributed by atoms with Gasteiger partial charge in [0.15, 0.2) is 4.21 Å². The van der Waals surface area contributed by atoms with Gasteiger partial charge < -0.3 is 10.7 Å². The molecule has 6 nitrogen and oxygen atoms in total. The minimum atomic E-state index is -3.61. The van der Waals surface area contributed by atoms with Crippen LogP contribution in [0.4, 0.5) is 0 Å². The summed E-state index contributed by atoms with van der Waals surface area (Å²) in [6, 6.07) is -0.138. The molecule has 1 aliphatic carbocycles. The smallest absolute Gasteiger partial charge is 0.305 e. The van der Waals surface area contributed by atoms with Gasteiger partial charge in [0.25, 0.3) is 10.0 Å². The fourth-order valence-corrected chi connectivity index (χ4v) is 4.03. The third kappa shape index (κ3) is 2.95. The summed E-state index contributed by atoms with van der Waals surface area (Å²) in [6.07, 6.45) is 2.14. The van der Waals surface area contributed by atoms with Crippen molar-refractivity contribution >= 4 is 21.4 Å². The molecule has 1 aromatic heterocycles. The molecule has 17 heavy (non-hydrogen) atoms. The second kappa shape index (κ2) is 4.52. The van der Waals surface area contributed by atoms with E-state index in [1.165, 1.54) is 0 Å². The second-order valence-corrected chi connectivity index (χ2v) is 7.23. The van der Waals surface area contributed by atoms with Crippen molar-refractivity contribution in [3.63, 3.8) is 0 Å². The molecule has 0 saturated heterocycles. The van der Waals surface area contributed by atoms with E-state index in [1.54, 1.807) is 6.92 Å². The molecule has 1 fully saturated rings. The maximum Gasteiger partial charge on any atom is 0.305 e. The predicted molar refractivity (Wildman–Crippen MR) is 65.6 cm³/mol. The number of nitrogens with one attached hydrogen (secondary N) is 2. The van der Waals surface area contributed by atoms with Gasteiger partial charge in [-0.05, 0) is 25.7 Å². The van der Waals surface area contributed by atoms with Crippen molar-refractivity contribution in [2.45, 2.75) is 30.0 Å². The van der Waals surface area contributed by atoms with Crippen molar-refractivity contribution in [2.75, 3.05) is 6.54 Å². The maximum atomic E-state index is 11.9. The minimum Gasteiger partial charge on any atom is -0.326 e. The molecule has 1 unspecified atom stereocenters. The average molecular weight is 277 g/mol. The molecule has 0 aliphatic heterocycles. The number of H-pyrrole nitrogens is 1. The quantitative estimate of drug-likeness (QED) is 0.690. The van der Waals surface area contributed by atoms with E-state index in [9.17, 15) is 13.2 Å². The highest BCUT2D eigenvalue weighted by Gasteiger charge is 2.30. The van der Waals surface area contributed by atoms with Gasteiger partial charge in [0.05, 0.1) is 0 Å². The van der Waals surface area contributed by atoms with Crippen molar-refractivity contribution in [3.8, 4) is 0 Å². The average Bonchev–Trinajstić information content (AvgIpc) is 3.01. The van der Waals surface area contributed by atoms with Gasteiger partial charge >= 0.3 is 4.87 Å². The first-order valence-corrected chi connectivity index (χ1v) is 7.65. The number of hydrogen-bond donors (Lipinski definition) is 3. The molecular weight excluding hydrogens is 262 g/mol. The molecule has 1 heterocycles. The highest BCUT2D eigenvalue weighted by molar-refractivity contribution is 7.91. The van der Waals surface area contributed by atoms with Gasteiger partial charge in [-0.2, -0.15) is 0 Å². The van der Waals surface area contributed by atoms with Gasteiger partial charge in [0, 0.05) is 18.3 Å². The number of thiazole rings is 1. The van der Waals surface area contributed by atoms with Crippen LogP contribution < -0.4 is 15.3 Å². The molecular formula is C9H15N3O3S2. The number of sulfonamides is 1. The Kier molecular flexibility index (Phi) is 3.39. The fraction of sp³-hybridized carbons (Fsp3) is 0.667. The van der Waals surface area contributed by atoms with Crippen LogP contribution in [0, 0.1) is 12.8 Å². The Hall–Kier alpha value is -0.700. The molecule has 1 atom stereocenters. The third-order valence-electron chi connectivity index (χ3n) is 2.76. The van der Waals surface area contributed by atoms with Crippen LogP contribution in [0.2, 0.25) is 0 Å². The van der Waals surface area contributed by atoms with Gasteiger partial charge in [0.2, 0.25) is 0 Å². The van der Waals surface area contributed by atoms with Crippen LogP contribution in [0.5, 0.6) is 0 Å². The number of aromatic nitrogens is 1. The molecule has 1 aliphatic rings. The first-order valence-electron chi connectivity index (χ1n) is 5.35. The zero-order chi connectivity index (χ0) is 12.6. The van der Waals surface area contributed by atoms with Crippen molar-refractivity contribution in [1.29, 1.82) is 0 Å². The summed E-state index contributed by atoms with van der Waals surface area (Å²) >= 11 is 0.695. The number of hydrogen-bond acceptors (Lipinski definition) is 5. The van der Waals surface area contributed by atoms with Crippen LogP contribution in [0.25, 0.3) is 0 Å². The molecule has 1 aromatic rings. The number of aryl methyl sites for hydroxylation is 1. The molecule has 0 radical (unpaired) electrons. The van der Waals surface area contributed by atoms with Crippen LogP contribution in [-0.4, -0.2) is 26.0 Å². The first-order chi connectivity index (χ1) is 7.90. The van der Waals surface area contributed by atoms with Crippen LogP contribution in [-0.2, 0) is 10.0 Å². The summed E-state index contributed by atoms with van der Waals surface area (Å²) < 4.78 is 26.3. The SMILES string of the molecule is Cc1[nH]c(=O)sc1S(=O)(=O)NCC(N)C1CC1. The van der Waals surface area contributed by atoms with E-state index < -0.39 is 10.0 Å². The van der Waals surface area contributed by atoms with Gasteiger partial charge in [0.1, 0.15) is 0 Å². The van der Waals surface area contributed by atoms with Crippen molar-refractivity contribution in [1.82, 2.24) is 9.71 Å². The third-order valence-corrected chi connectivity index (χ3v) is 5.79. The van der Waals surface area contributed by atoms with E-state index in [0.29, 0.717) is 22.9 Å². The summed E-state index contributed by atoms with van der Waals surface area (Å²) in [5.41, 5.74) is 6.18. The molecule has 0 bridgehead atoms. The first kappa shape index (κ1) is 12.7. The second-order valence-electron chi connectivity index (χ2n) is 4.28. The highest BCUT2D eigenvalue weighted by atomic mass is 32.2. The summed E-state index contributed by atoms with van der Waals surface area (Å²) in [4.78, 5) is 13.1. The molecule has 2 rings (SSSR count). The minimum absolute atomic E-state index is 0.0468. The summed E-state index contributed by atoms with van der Waals surface area (Å²) in [5.74, 6) is 0.434. The Balaban J connectivity index is 2.08. The lowest BCUT2D eigenvalue weighted by Crippen LogP contribution is -2.38. The van der Waals surface area contributed by atoms with E-state index in [0.717, 1.165) is 12.8 Å². The van der Waals surface area contributed by atoms with Crippen LogP contribution in [0.3, 0.4) is 0 Å². The molecule has 8 heteroatoms. The van der Waals surface area contributed by atoms with E-state index >= 15 is 0 Å². The lowest BCUT2D eigenvalue weighted by atomic mass is 10.2. The molecule has 1 saturated carbocycles. The Labute approximate surface area is 103 Å². The summed E-state index contributed by atoms with van der Waals surface area (Å²) in [7, 11) is -3.61. The zero-order valence-corrected chi connectivity index (χ0v) is 11.0. The highest BCUT2D eigenvalue weighted by Crippen LogP contribution is 2.31. The summed E-state index contributed by atoms with van der Waals surface area (Å²) in [6.45, 7) is 1.78. The molecule has 96 valence electrons. The predicted octanol–water partition coefficient (Wildman–Crippen LogP) is -0.240. The van der Waals surface area contributed by atoms with Crippen molar-refractivity contribution in [2.24, 2.45) is 11.7 Å². The molecule has 0 aromatic carbocycles. The zero-order valence-electron chi connectivity index (χ0n) is 9.39. The normalized spacial score (nSPS) is 18.2. The van der Waals surface area contributed by atoms with Crippen molar-refractivity contribution in [3.05, 3.63) is 15.4 Å². The van der Waals surface area contributed by atoms with Crippen molar-refractivity contribution < 1.29 is 8.42 Å². The Morgan fingerprint density at radius 3 is 2.71 bits per heavy atom. The van der Waals surface area contributed by atoms with Crippen LogP contribution in [0.15, 0.2) is 9.00 Å². The lowest BCUT2D eigenvalue weighted by Gasteiger charge is -2.11. The number of nitrogens with two attached hydrogens (primary N) is 1. The van der Waals surface area contributed by atoms with Gasteiger partial charge in [-0.15, -0.1) is 0 Å². The lowest BCUT2D eigenvalue weighted by molar-refractivity contribution is 0.548. The monoisotopic (exact) mass is 277 g/mol. The Morgan fingerprint density at radius 1 is 1.59 bits per heavy atom.